The molecule has 4 aromatic rings. The molecule has 188 valence electrons. The van der Waals surface area contributed by atoms with Crippen LogP contribution in [-0.4, -0.2) is 22.6 Å². The lowest BCUT2D eigenvalue weighted by molar-refractivity contribution is -0.274. The number of rotatable bonds is 5. The Balaban J connectivity index is 1.37. The van der Waals surface area contributed by atoms with Crippen LogP contribution in [0.4, 0.5) is 24.5 Å². The van der Waals surface area contributed by atoms with Crippen molar-refractivity contribution in [2.45, 2.75) is 18.9 Å². The molecule has 2 heterocycles. The van der Waals surface area contributed by atoms with Gasteiger partial charge in [0.25, 0.3) is 5.91 Å². The maximum absolute atomic E-state index is 13.5. The summed E-state index contributed by atoms with van der Waals surface area (Å²) in [4.78, 5) is 26.2. The number of nitrogens with one attached hydrogen (secondary N) is 2. The molecule has 0 radical (unpaired) electrons. The molecule has 1 atom stereocenters. The van der Waals surface area contributed by atoms with Gasteiger partial charge in [-0.15, -0.1) is 13.2 Å². The lowest BCUT2D eigenvalue weighted by Gasteiger charge is -2.18. The molecular formula is C27H19ClF3N3O3. The normalized spacial score (nSPS) is 14.5. The summed E-state index contributed by atoms with van der Waals surface area (Å²) in [7, 11) is 0. The molecule has 0 aliphatic carbocycles. The van der Waals surface area contributed by atoms with Gasteiger partial charge >= 0.3 is 6.36 Å². The van der Waals surface area contributed by atoms with Crippen molar-refractivity contribution in [3.05, 3.63) is 112 Å². The molecule has 0 saturated carbocycles. The average Bonchev–Trinajstić information content (AvgIpc) is 3.13. The van der Waals surface area contributed by atoms with Gasteiger partial charge in [-0.2, -0.15) is 0 Å². The number of halogens is 4. The average molecular weight is 526 g/mol. The molecule has 0 saturated heterocycles. The number of hydrogen-bond acceptors (Lipinski definition) is 4. The number of fused-ring (bicyclic) bond motifs is 2. The summed E-state index contributed by atoms with van der Waals surface area (Å²) in [6, 6.07) is 21.7. The van der Waals surface area contributed by atoms with E-state index in [9.17, 15) is 22.8 Å². The van der Waals surface area contributed by atoms with Crippen molar-refractivity contribution in [3.63, 3.8) is 0 Å². The van der Waals surface area contributed by atoms with Gasteiger partial charge in [0.15, 0.2) is 5.78 Å². The molecule has 6 nitrogen and oxygen atoms in total. The number of carbonyl (C=O) groups excluding carboxylic acids is 2. The van der Waals surface area contributed by atoms with Gasteiger partial charge < -0.3 is 19.9 Å². The zero-order valence-corrected chi connectivity index (χ0v) is 19.8. The van der Waals surface area contributed by atoms with E-state index in [4.69, 9.17) is 11.6 Å². The number of Topliss-reactive ketones (excluding diaryl/α,β-unsaturated/α-hetero) is 1. The molecule has 0 spiro atoms. The number of anilines is 2. The molecule has 1 aromatic heterocycles. The van der Waals surface area contributed by atoms with Crippen LogP contribution in [-0.2, 0) is 6.54 Å². The fraction of sp³-hybridized carbons (Fsp3) is 0.111. The van der Waals surface area contributed by atoms with Crippen LogP contribution in [0.2, 0.25) is 5.15 Å². The second-order valence-electron chi connectivity index (χ2n) is 8.34. The van der Waals surface area contributed by atoms with Crippen LogP contribution >= 0.6 is 11.6 Å². The largest absolute Gasteiger partial charge is 0.573 e. The zero-order valence-electron chi connectivity index (χ0n) is 19.1. The topological polar surface area (TPSA) is 72.4 Å². The fourth-order valence-corrected chi connectivity index (χ4v) is 4.45. The lowest BCUT2D eigenvalue weighted by atomic mass is 10.0. The molecule has 0 fully saturated rings. The molecule has 5 rings (SSSR count). The van der Waals surface area contributed by atoms with E-state index in [-0.39, 0.29) is 11.3 Å². The minimum atomic E-state index is -4.94. The second-order valence-corrected chi connectivity index (χ2v) is 8.73. The summed E-state index contributed by atoms with van der Waals surface area (Å²) in [5.74, 6) is -1.61. The Kier molecular flexibility index (Phi) is 6.39. The van der Waals surface area contributed by atoms with E-state index in [1.165, 1.54) is 30.3 Å². The van der Waals surface area contributed by atoms with Crippen molar-refractivity contribution in [2.75, 3.05) is 10.6 Å². The number of ether oxygens (including phenoxy) is 1. The number of aromatic nitrogens is 1. The number of para-hydroxylation sites is 2. The monoisotopic (exact) mass is 525 g/mol. The summed E-state index contributed by atoms with van der Waals surface area (Å²) in [5, 5.41) is 6.37. The summed E-state index contributed by atoms with van der Waals surface area (Å²) in [6.07, 6.45) is -4.94. The molecule has 37 heavy (non-hydrogen) atoms. The third-order valence-corrected chi connectivity index (χ3v) is 6.28. The predicted octanol–water partition coefficient (Wildman–Crippen LogP) is 6.69. The first-order valence-electron chi connectivity index (χ1n) is 11.2. The van der Waals surface area contributed by atoms with E-state index in [1.54, 1.807) is 24.3 Å². The third-order valence-electron chi connectivity index (χ3n) is 5.95. The Morgan fingerprint density at radius 2 is 1.65 bits per heavy atom. The smallest absolute Gasteiger partial charge is 0.405 e. The minimum Gasteiger partial charge on any atom is -0.405 e. The first-order chi connectivity index (χ1) is 17.7. The Morgan fingerprint density at radius 1 is 0.946 bits per heavy atom. The molecule has 2 N–H and O–H groups in total. The van der Waals surface area contributed by atoms with Gasteiger partial charge in [0, 0.05) is 22.6 Å². The van der Waals surface area contributed by atoms with Gasteiger partial charge in [0.1, 0.15) is 16.9 Å². The molecule has 1 unspecified atom stereocenters. The minimum absolute atomic E-state index is 0.213. The maximum Gasteiger partial charge on any atom is 0.573 e. The first kappa shape index (κ1) is 24.5. The van der Waals surface area contributed by atoms with E-state index < -0.39 is 24.1 Å². The van der Waals surface area contributed by atoms with E-state index in [0.717, 1.165) is 17.3 Å². The Labute approximate surface area is 214 Å². The van der Waals surface area contributed by atoms with Gasteiger partial charge in [-0.1, -0.05) is 41.9 Å². The van der Waals surface area contributed by atoms with E-state index in [2.05, 4.69) is 15.4 Å². The molecule has 1 amide bonds. The van der Waals surface area contributed by atoms with Crippen LogP contribution in [0.25, 0.3) is 0 Å². The molecule has 3 aromatic carbocycles. The van der Waals surface area contributed by atoms with Crippen molar-refractivity contribution in [2.24, 2.45) is 0 Å². The highest BCUT2D eigenvalue weighted by atomic mass is 35.5. The highest BCUT2D eigenvalue weighted by molar-refractivity contribution is 6.29. The maximum atomic E-state index is 13.5. The van der Waals surface area contributed by atoms with Gasteiger partial charge in [-0.3, -0.25) is 9.59 Å². The first-order valence-corrected chi connectivity index (χ1v) is 11.6. The number of nitrogens with zero attached hydrogens (tertiary/aromatic N) is 1. The van der Waals surface area contributed by atoms with Crippen LogP contribution in [0.1, 0.15) is 38.0 Å². The summed E-state index contributed by atoms with van der Waals surface area (Å²) in [6.45, 7) is 0.513. The molecular weight excluding hydrogens is 507 g/mol. The van der Waals surface area contributed by atoms with Crippen LogP contribution < -0.4 is 15.4 Å². The van der Waals surface area contributed by atoms with E-state index >= 15 is 0 Å². The summed E-state index contributed by atoms with van der Waals surface area (Å²) >= 11 is 6.39. The Morgan fingerprint density at radius 3 is 2.41 bits per heavy atom. The second kappa shape index (κ2) is 9.67. The van der Waals surface area contributed by atoms with Crippen molar-refractivity contribution in [3.8, 4) is 5.75 Å². The zero-order chi connectivity index (χ0) is 26.2. The van der Waals surface area contributed by atoms with Crippen LogP contribution in [0.3, 0.4) is 0 Å². The number of ketones is 1. The van der Waals surface area contributed by atoms with Gasteiger partial charge in [0.05, 0.1) is 12.1 Å². The number of benzene rings is 3. The van der Waals surface area contributed by atoms with Crippen molar-refractivity contribution >= 4 is 34.7 Å². The molecule has 1 aliphatic heterocycles. The lowest BCUT2D eigenvalue weighted by Crippen LogP contribution is -2.22. The van der Waals surface area contributed by atoms with Gasteiger partial charge in [0.2, 0.25) is 0 Å². The standard InChI is InChI=1S/C27H19ClF3N3O3/c28-23-14-13-21-24(33-20-7-3-1-5-17(20)15-34(21)23)25(35)16-9-11-18(12-10-16)32-26(36)19-6-2-4-8-22(19)37-27(29,30)31/h1-14,24,33H,15H2,(H,32,36). The highest BCUT2D eigenvalue weighted by Crippen LogP contribution is 2.34. The quantitative estimate of drug-likeness (QED) is 0.285. The number of alkyl halides is 3. The fourth-order valence-electron chi connectivity index (χ4n) is 4.23. The predicted molar refractivity (Wildman–Crippen MR) is 133 cm³/mol. The summed E-state index contributed by atoms with van der Waals surface area (Å²) < 4.78 is 43.9. The van der Waals surface area contributed by atoms with Gasteiger partial charge in [-0.05, 0) is 60.2 Å². The van der Waals surface area contributed by atoms with Gasteiger partial charge in [-0.25, -0.2) is 0 Å². The molecule has 1 aliphatic rings. The summed E-state index contributed by atoms with van der Waals surface area (Å²) in [5.41, 5.74) is 2.92. The van der Waals surface area contributed by atoms with Crippen molar-refractivity contribution < 1.29 is 27.5 Å². The number of amides is 1. The van der Waals surface area contributed by atoms with Crippen LogP contribution in [0.15, 0.2) is 84.9 Å². The third kappa shape index (κ3) is 5.17. The van der Waals surface area contributed by atoms with E-state index in [0.29, 0.717) is 28.6 Å². The Hall–Kier alpha value is -4.24. The molecule has 0 bridgehead atoms. The SMILES string of the molecule is O=C(Nc1ccc(C(=O)C2Nc3ccccc3Cn3c(Cl)ccc32)cc1)c1ccccc1OC(F)(F)F. The number of carbonyl (C=O) groups is 2. The highest BCUT2D eigenvalue weighted by Gasteiger charge is 2.33. The van der Waals surface area contributed by atoms with E-state index in [1.807, 2.05) is 28.8 Å². The Bertz CT molecular complexity index is 1480. The molecule has 10 heteroatoms. The van der Waals surface area contributed by atoms with Crippen molar-refractivity contribution in [1.82, 2.24) is 4.57 Å². The van der Waals surface area contributed by atoms with Crippen LogP contribution in [0.5, 0.6) is 5.75 Å². The van der Waals surface area contributed by atoms with Crippen LogP contribution in [0, 0.1) is 0 Å². The number of hydrogen-bond donors (Lipinski definition) is 2. The van der Waals surface area contributed by atoms with Crippen molar-refractivity contribution in [1.29, 1.82) is 0 Å².